The van der Waals surface area contributed by atoms with E-state index in [1.54, 1.807) is 0 Å². The molecule has 4 heteroatoms. The third-order valence-electron chi connectivity index (χ3n) is 0.0500. The molecule has 0 spiro atoms. The number of hydrogen-bond donors (Lipinski definition) is 0. The molecular weight excluding hydrogens is 170 g/mol. The maximum absolute atomic E-state index is 7.26. The SMILES string of the molecule is N#CC#N.[Co].[Ni]. The molecule has 0 saturated heterocycles. The van der Waals surface area contributed by atoms with Gasteiger partial charge in [-0.05, 0) is 0 Å². The predicted molar refractivity (Wildman–Crippen MR) is 11.2 cm³/mol. The maximum atomic E-state index is 7.26. The zero-order valence-corrected chi connectivity index (χ0v) is 4.57. The molecule has 0 aliphatic heterocycles. The quantitative estimate of drug-likeness (QED) is 0.481. The first-order valence-electron chi connectivity index (χ1n) is 0.697. The van der Waals surface area contributed by atoms with Crippen molar-refractivity contribution in [3.63, 3.8) is 0 Å². The molecule has 0 N–H and O–H groups in total. The Bertz CT molecular complexity index is 66.5. The molecule has 0 aromatic rings. The van der Waals surface area contributed by atoms with Gasteiger partial charge in [-0.1, -0.05) is 0 Å². The first kappa shape index (κ1) is 16.7. The van der Waals surface area contributed by atoms with E-state index < -0.39 is 0 Å². The van der Waals surface area contributed by atoms with E-state index in [0.29, 0.717) is 0 Å². The summed E-state index contributed by atoms with van der Waals surface area (Å²) < 4.78 is 0. The summed E-state index contributed by atoms with van der Waals surface area (Å²) in [6.07, 6.45) is 0. The van der Waals surface area contributed by atoms with Gasteiger partial charge in [0, 0.05) is 33.3 Å². The number of hydrogen-bond acceptors (Lipinski definition) is 2. The predicted octanol–water partition coefficient (Wildman–Crippen LogP) is 0.0286. The van der Waals surface area contributed by atoms with Gasteiger partial charge >= 0.3 is 0 Å². The summed E-state index contributed by atoms with van der Waals surface area (Å²) in [7, 11) is 0. The minimum Gasteiger partial charge on any atom is -0.181 e. The van der Waals surface area contributed by atoms with E-state index >= 15 is 0 Å². The molecule has 0 aliphatic carbocycles. The molecule has 0 heterocycles. The Morgan fingerprint density at radius 2 is 1.17 bits per heavy atom. The second-order valence-corrected chi connectivity index (χ2v) is 0.224. The van der Waals surface area contributed by atoms with Crippen molar-refractivity contribution in [3.05, 3.63) is 0 Å². The van der Waals surface area contributed by atoms with Crippen molar-refractivity contribution in [2.24, 2.45) is 0 Å². The molecule has 0 aromatic heterocycles. The standard InChI is InChI=1S/C2N2.Co.Ni/c3-1-2-4;;. The van der Waals surface area contributed by atoms with E-state index in [9.17, 15) is 0 Å². The molecule has 6 heavy (non-hydrogen) atoms. The van der Waals surface area contributed by atoms with Gasteiger partial charge in [-0.25, -0.2) is 0 Å². The fraction of sp³-hybridized carbons (Fsp3) is 0. The molecule has 0 saturated carbocycles. The van der Waals surface area contributed by atoms with Crippen molar-refractivity contribution >= 4 is 0 Å². The smallest absolute Gasteiger partial charge is 0.181 e. The molecule has 0 atom stereocenters. The van der Waals surface area contributed by atoms with Crippen LogP contribution in [0, 0.1) is 22.7 Å². The molecule has 0 rings (SSSR count). The van der Waals surface area contributed by atoms with Crippen LogP contribution in [0.5, 0.6) is 0 Å². The molecule has 0 unspecified atom stereocenters. The largest absolute Gasteiger partial charge is 0.181 e. The summed E-state index contributed by atoms with van der Waals surface area (Å²) in [5, 5.41) is 14.5. The van der Waals surface area contributed by atoms with Gasteiger partial charge in [0.2, 0.25) is 0 Å². The fourth-order valence-corrected chi connectivity index (χ4v) is 0. The molecule has 0 fully saturated rings. The average molecular weight is 170 g/mol. The van der Waals surface area contributed by atoms with E-state index in [1.807, 2.05) is 0 Å². The van der Waals surface area contributed by atoms with Gasteiger partial charge < -0.3 is 0 Å². The number of nitriles is 2. The van der Waals surface area contributed by atoms with Crippen LogP contribution in [-0.4, -0.2) is 0 Å². The molecular formula is C2CoN2Ni. The Morgan fingerprint density at radius 1 is 1.00 bits per heavy atom. The van der Waals surface area contributed by atoms with Crippen LogP contribution >= 0.6 is 0 Å². The first-order valence-corrected chi connectivity index (χ1v) is 0.697. The summed E-state index contributed by atoms with van der Waals surface area (Å²) in [6, 6.07) is 2.47. The van der Waals surface area contributed by atoms with Crippen molar-refractivity contribution in [2.45, 2.75) is 0 Å². The second-order valence-electron chi connectivity index (χ2n) is 0.224. The third-order valence-corrected chi connectivity index (χ3v) is 0.0500. The summed E-state index contributed by atoms with van der Waals surface area (Å²) in [6.45, 7) is 0. The molecule has 2 nitrogen and oxygen atoms in total. The third kappa shape index (κ3) is 36.8. The summed E-state index contributed by atoms with van der Waals surface area (Å²) >= 11 is 0. The van der Waals surface area contributed by atoms with Crippen molar-refractivity contribution in [1.82, 2.24) is 0 Å². The van der Waals surface area contributed by atoms with Crippen molar-refractivity contribution in [3.8, 4) is 12.1 Å². The van der Waals surface area contributed by atoms with Crippen molar-refractivity contribution in [1.29, 1.82) is 10.5 Å². The summed E-state index contributed by atoms with van der Waals surface area (Å²) in [5.74, 6) is 0. The van der Waals surface area contributed by atoms with E-state index in [2.05, 4.69) is 0 Å². The zero-order valence-electron chi connectivity index (χ0n) is 2.54. The van der Waals surface area contributed by atoms with Crippen LogP contribution in [0.25, 0.3) is 0 Å². The molecule has 0 amide bonds. The van der Waals surface area contributed by atoms with E-state index in [1.165, 1.54) is 12.1 Å². The zero-order chi connectivity index (χ0) is 3.41. The number of nitrogens with zero attached hydrogens (tertiary/aromatic N) is 2. The Kier molecular flexibility index (Phi) is 56.0. The topological polar surface area (TPSA) is 47.6 Å². The second kappa shape index (κ2) is 20.1. The molecule has 0 bridgehead atoms. The first-order chi connectivity index (χ1) is 1.91. The van der Waals surface area contributed by atoms with E-state index in [0.717, 1.165) is 0 Å². The van der Waals surface area contributed by atoms with Crippen LogP contribution in [0.3, 0.4) is 0 Å². The van der Waals surface area contributed by atoms with Gasteiger partial charge in [0.25, 0.3) is 0 Å². The van der Waals surface area contributed by atoms with Crippen LogP contribution in [0.4, 0.5) is 0 Å². The Labute approximate surface area is 56.3 Å². The molecule has 0 aromatic carbocycles. The van der Waals surface area contributed by atoms with E-state index in [4.69, 9.17) is 10.5 Å². The number of rotatable bonds is 0. The van der Waals surface area contributed by atoms with Crippen LogP contribution in [-0.2, 0) is 33.3 Å². The summed E-state index contributed by atoms with van der Waals surface area (Å²) in [5.41, 5.74) is 0. The minimum atomic E-state index is 0. The van der Waals surface area contributed by atoms with Crippen LogP contribution in [0.1, 0.15) is 0 Å². The summed E-state index contributed by atoms with van der Waals surface area (Å²) in [4.78, 5) is 0. The van der Waals surface area contributed by atoms with Gasteiger partial charge in [0.15, 0.2) is 12.1 Å². The molecule has 1 radical (unpaired) electrons. The van der Waals surface area contributed by atoms with Crippen LogP contribution in [0.2, 0.25) is 0 Å². The normalized spacial score (nSPS) is 1.67. The van der Waals surface area contributed by atoms with Gasteiger partial charge in [0.05, 0.1) is 0 Å². The average Bonchev–Trinajstić information content (AvgIpc) is 1.37. The van der Waals surface area contributed by atoms with Crippen LogP contribution < -0.4 is 0 Å². The molecule has 37 valence electrons. The maximum Gasteiger partial charge on any atom is 0.181 e. The Hall–Kier alpha value is -0.0200. The fourth-order valence-electron chi connectivity index (χ4n) is 0. The van der Waals surface area contributed by atoms with Gasteiger partial charge in [0.1, 0.15) is 0 Å². The van der Waals surface area contributed by atoms with Crippen molar-refractivity contribution < 1.29 is 33.3 Å². The van der Waals surface area contributed by atoms with Gasteiger partial charge in [-0.2, -0.15) is 10.5 Å². The van der Waals surface area contributed by atoms with Crippen molar-refractivity contribution in [2.75, 3.05) is 0 Å². The molecule has 0 aliphatic rings. The van der Waals surface area contributed by atoms with Gasteiger partial charge in [-0.15, -0.1) is 0 Å². The Morgan fingerprint density at radius 3 is 1.17 bits per heavy atom. The van der Waals surface area contributed by atoms with E-state index in [-0.39, 0.29) is 33.3 Å². The Balaban J connectivity index is -0.0000000450. The minimum absolute atomic E-state index is 0. The van der Waals surface area contributed by atoms with Crippen LogP contribution in [0.15, 0.2) is 0 Å². The monoisotopic (exact) mass is 169 g/mol. The van der Waals surface area contributed by atoms with Gasteiger partial charge in [-0.3, -0.25) is 0 Å².